The Balaban J connectivity index is 1.99. The largest absolute Gasteiger partial charge is 0.326 e. The molecule has 2 amide bonds. The van der Waals surface area contributed by atoms with Crippen molar-refractivity contribution in [1.29, 1.82) is 0 Å². The van der Waals surface area contributed by atoms with Gasteiger partial charge in [-0.15, -0.1) is 0 Å². The number of nitrogens with one attached hydrogen (secondary N) is 2. The fourth-order valence-corrected chi connectivity index (χ4v) is 1.59. The Morgan fingerprint density at radius 3 is 2.33 bits per heavy atom. The third-order valence-electron chi connectivity index (χ3n) is 2.45. The minimum absolute atomic E-state index is 0.268. The topological polar surface area (TPSA) is 67.1 Å². The molecule has 18 heavy (non-hydrogen) atoms. The Hall–Kier alpha value is -2.33. The summed E-state index contributed by atoms with van der Waals surface area (Å²) in [6, 6.07) is 16.5. The molecule has 0 unspecified atom stereocenters. The number of hydrogen-bond donors (Lipinski definition) is 3. The van der Waals surface area contributed by atoms with Crippen LogP contribution < -0.4 is 16.4 Å². The number of anilines is 2. The zero-order valence-corrected chi connectivity index (χ0v) is 9.89. The standard InChI is InChI=1S/C14H15N3O/c15-10-11-5-4-8-13(9-11)17-14(18)16-12-6-2-1-3-7-12/h1-9H,10,15H2,(H2,16,17,18). The number of carbonyl (C=O) groups is 1. The van der Waals surface area contributed by atoms with Crippen molar-refractivity contribution >= 4 is 17.4 Å². The van der Waals surface area contributed by atoms with Gasteiger partial charge in [-0.05, 0) is 29.8 Å². The third kappa shape index (κ3) is 3.33. The van der Waals surface area contributed by atoms with Gasteiger partial charge in [-0.3, -0.25) is 0 Å². The van der Waals surface area contributed by atoms with E-state index in [4.69, 9.17) is 5.73 Å². The maximum absolute atomic E-state index is 11.7. The average Bonchev–Trinajstić information content (AvgIpc) is 2.40. The van der Waals surface area contributed by atoms with Crippen molar-refractivity contribution in [2.75, 3.05) is 10.6 Å². The minimum Gasteiger partial charge on any atom is -0.326 e. The summed E-state index contributed by atoms with van der Waals surface area (Å²) < 4.78 is 0. The highest BCUT2D eigenvalue weighted by Crippen LogP contribution is 2.11. The van der Waals surface area contributed by atoms with Crippen LogP contribution in [-0.4, -0.2) is 6.03 Å². The number of urea groups is 1. The van der Waals surface area contributed by atoms with Gasteiger partial charge < -0.3 is 16.4 Å². The molecule has 4 heteroatoms. The average molecular weight is 241 g/mol. The number of benzene rings is 2. The molecule has 2 aromatic carbocycles. The zero-order chi connectivity index (χ0) is 12.8. The van der Waals surface area contributed by atoms with E-state index in [0.717, 1.165) is 16.9 Å². The molecule has 0 fully saturated rings. The number of para-hydroxylation sites is 1. The molecule has 92 valence electrons. The molecule has 0 spiro atoms. The lowest BCUT2D eigenvalue weighted by molar-refractivity contribution is 0.262. The number of amides is 2. The summed E-state index contributed by atoms with van der Waals surface area (Å²) in [6.45, 7) is 0.454. The highest BCUT2D eigenvalue weighted by molar-refractivity contribution is 5.99. The lowest BCUT2D eigenvalue weighted by Gasteiger charge is -2.08. The second-order valence-corrected chi connectivity index (χ2v) is 3.85. The van der Waals surface area contributed by atoms with Gasteiger partial charge in [0, 0.05) is 17.9 Å². The second-order valence-electron chi connectivity index (χ2n) is 3.85. The number of hydrogen-bond acceptors (Lipinski definition) is 2. The van der Waals surface area contributed by atoms with Gasteiger partial charge in [0.05, 0.1) is 0 Å². The van der Waals surface area contributed by atoms with Crippen LogP contribution in [0.4, 0.5) is 16.2 Å². The molecular weight excluding hydrogens is 226 g/mol. The maximum atomic E-state index is 11.7. The van der Waals surface area contributed by atoms with E-state index in [2.05, 4.69) is 10.6 Å². The molecule has 0 radical (unpaired) electrons. The maximum Gasteiger partial charge on any atom is 0.323 e. The normalized spacial score (nSPS) is 9.83. The van der Waals surface area contributed by atoms with Gasteiger partial charge in [0.15, 0.2) is 0 Å². The van der Waals surface area contributed by atoms with Gasteiger partial charge in [0.1, 0.15) is 0 Å². The van der Waals surface area contributed by atoms with Crippen molar-refractivity contribution in [2.24, 2.45) is 5.73 Å². The number of nitrogens with two attached hydrogens (primary N) is 1. The van der Waals surface area contributed by atoms with E-state index in [1.165, 1.54) is 0 Å². The fraction of sp³-hybridized carbons (Fsp3) is 0.0714. The van der Waals surface area contributed by atoms with Gasteiger partial charge in [-0.1, -0.05) is 30.3 Å². The van der Waals surface area contributed by atoms with E-state index in [0.29, 0.717) is 6.54 Å². The van der Waals surface area contributed by atoms with Crippen LogP contribution >= 0.6 is 0 Å². The van der Waals surface area contributed by atoms with E-state index in [-0.39, 0.29) is 6.03 Å². The fourth-order valence-electron chi connectivity index (χ4n) is 1.59. The van der Waals surface area contributed by atoms with Crippen LogP contribution in [-0.2, 0) is 6.54 Å². The monoisotopic (exact) mass is 241 g/mol. The molecule has 4 nitrogen and oxygen atoms in total. The van der Waals surface area contributed by atoms with Crippen molar-refractivity contribution in [1.82, 2.24) is 0 Å². The van der Waals surface area contributed by atoms with E-state index in [9.17, 15) is 4.79 Å². The zero-order valence-electron chi connectivity index (χ0n) is 9.89. The molecule has 0 saturated carbocycles. The van der Waals surface area contributed by atoms with Crippen molar-refractivity contribution in [3.63, 3.8) is 0 Å². The van der Waals surface area contributed by atoms with E-state index in [1.807, 2.05) is 54.6 Å². The molecule has 2 aromatic rings. The Labute approximate surface area is 106 Å². The molecule has 0 aliphatic heterocycles. The summed E-state index contributed by atoms with van der Waals surface area (Å²) in [5, 5.41) is 5.51. The Kier molecular flexibility index (Phi) is 3.94. The first-order valence-electron chi connectivity index (χ1n) is 5.70. The second kappa shape index (κ2) is 5.84. The quantitative estimate of drug-likeness (QED) is 0.773. The summed E-state index contributed by atoms with van der Waals surface area (Å²) in [7, 11) is 0. The molecule has 0 aromatic heterocycles. The Bertz CT molecular complexity index is 526. The highest BCUT2D eigenvalue weighted by Gasteiger charge is 2.02. The Morgan fingerprint density at radius 1 is 0.944 bits per heavy atom. The summed E-state index contributed by atoms with van der Waals surface area (Å²) in [4.78, 5) is 11.7. The molecule has 0 heterocycles. The SMILES string of the molecule is NCc1cccc(NC(=O)Nc2ccccc2)c1. The van der Waals surface area contributed by atoms with Gasteiger partial charge >= 0.3 is 6.03 Å². The predicted octanol–water partition coefficient (Wildman–Crippen LogP) is 2.79. The van der Waals surface area contributed by atoms with E-state index in [1.54, 1.807) is 0 Å². The van der Waals surface area contributed by atoms with E-state index >= 15 is 0 Å². The number of rotatable bonds is 3. The molecule has 0 bridgehead atoms. The van der Waals surface area contributed by atoms with Crippen molar-refractivity contribution in [2.45, 2.75) is 6.54 Å². The van der Waals surface area contributed by atoms with Crippen LogP contribution in [0.5, 0.6) is 0 Å². The molecule has 0 aliphatic carbocycles. The molecule has 4 N–H and O–H groups in total. The molecular formula is C14H15N3O. The van der Waals surface area contributed by atoms with Crippen molar-refractivity contribution in [3.8, 4) is 0 Å². The Morgan fingerprint density at radius 2 is 1.61 bits per heavy atom. The van der Waals surface area contributed by atoms with Crippen LogP contribution in [0.2, 0.25) is 0 Å². The van der Waals surface area contributed by atoms with Crippen LogP contribution in [0.15, 0.2) is 54.6 Å². The van der Waals surface area contributed by atoms with Crippen LogP contribution in [0.25, 0.3) is 0 Å². The van der Waals surface area contributed by atoms with Crippen LogP contribution in [0.3, 0.4) is 0 Å². The summed E-state index contributed by atoms with van der Waals surface area (Å²) in [5.74, 6) is 0. The first kappa shape index (κ1) is 12.1. The van der Waals surface area contributed by atoms with E-state index < -0.39 is 0 Å². The first-order chi connectivity index (χ1) is 8.78. The lowest BCUT2D eigenvalue weighted by atomic mass is 10.2. The highest BCUT2D eigenvalue weighted by atomic mass is 16.2. The molecule has 0 aliphatic rings. The predicted molar refractivity (Wildman–Crippen MR) is 73.4 cm³/mol. The van der Waals surface area contributed by atoms with Crippen LogP contribution in [0, 0.1) is 0 Å². The summed E-state index contributed by atoms with van der Waals surface area (Å²) >= 11 is 0. The smallest absolute Gasteiger partial charge is 0.323 e. The summed E-state index contributed by atoms with van der Waals surface area (Å²) in [5.41, 5.74) is 8.01. The minimum atomic E-state index is -0.268. The van der Waals surface area contributed by atoms with Gasteiger partial charge in [0.2, 0.25) is 0 Å². The first-order valence-corrected chi connectivity index (χ1v) is 5.70. The van der Waals surface area contributed by atoms with Gasteiger partial charge in [0.25, 0.3) is 0 Å². The van der Waals surface area contributed by atoms with Gasteiger partial charge in [-0.25, -0.2) is 4.79 Å². The van der Waals surface area contributed by atoms with Crippen LogP contribution in [0.1, 0.15) is 5.56 Å². The van der Waals surface area contributed by atoms with Crippen molar-refractivity contribution < 1.29 is 4.79 Å². The molecule has 0 atom stereocenters. The lowest BCUT2D eigenvalue weighted by Crippen LogP contribution is -2.19. The van der Waals surface area contributed by atoms with Crippen molar-refractivity contribution in [3.05, 3.63) is 60.2 Å². The molecule has 2 rings (SSSR count). The number of carbonyl (C=O) groups excluding carboxylic acids is 1. The summed E-state index contributed by atoms with van der Waals surface area (Å²) in [6.07, 6.45) is 0. The third-order valence-corrected chi connectivity index (χ3v) is 2.45. The van der Waals surface area contributed by atoms with Gasteiger partial charge in [-0.2, -0.15) is 0 Å². The molecule has 0 saturated heterocycles.